The molecule has 0 N–H and O–H groups in total. The smallest absolute Gasteiger partial charge is 0.332 e. The van der Waals surface area contributed by atoms with E-state index in [9.17, 15) is 9.59 Å². The van der Waals surface area contributed by atoms with E-state index in [1.165, 1.54) is 9.13 Å². The molecule has 0 unspecified atom stereocenters. The number of fused-ring (bicyclic) bond motifs is 1. The van der Waals surface area contributed by atoms with Crippen molar-refractivity contribution in [3.63, 3.8) is 0 Å². The van der Waals surface area contributed by atoms with Crippen LogP contribution in [0.25, 0.3) is 11.2 Å². The molecule has 0 bridgehead atoms. The fraction of sp³-hybridized carbons (Fsp3) is 0.450. The van der Waals surface area contributed by atoms with Crippen LogP contribution in [0.15, 0.2) is 33.9 Å². The second-order valence-corrected chi connectivity index (χ2v) is 8.10. The third kappa shape index (κ3) is 3.47. The fourth-order valence-corrected chi connectivity index (χ4v) is 4.09. The van der Waals surface area contributed by atoms with Crippen LogP contribution in [0, 0.1) is 0 Å². The molecule has 0 radical (unpaired) electrons. The molecule has 2 atom stereocenters. The second kappa shape index (κ2) is 7.35. The van der Waals surface area contributed by atoms with Crippen molar-refractivity contribution >= 4 is 28.7 Å². The fourth-order valence-electron chi connectivity index (χ4n) is 3.97. The summed E-state index contributed by atoms with van der Waals surface area (Å²) in [6, 6.07) is 7.11. The lowest BCUT2D eigenvalue weighted by Crippen LogP contribution is -2.46. The first-order valence-electron chi connectivity index (χ1n) is 9.57. The average molecular weight is 418 g/mol. The minimum atomic E-state index is -0.397. The maximum absolute atomic E-state index is 13.2. The van der Waals surface area contributed by atoms with Gasteiger partial charge < -0.3 is 14.2 Å². The monoisotopic (exact) mass is 417 g/mol. The summed E-state index contributed by atoms with van der Waals surface area (Å²) in [5.74, 6) is 0.665. The van der Waals surface area contributed by atoms with E-state index < -0.39 is 5.69 Å². The number of aromatic nitrogens is 4. The van der Waals surface area contributed by atoms with Crippen LogP contribution in [0.2, 0.25) is 5.02 Å². The van der Waals surface area contributed by atoms with Crippen LogP contribution < -0.4 is 16.1 Å². The Morgan fingerprint density at radius 1 is 1.07 bits per heavy atom. The van der Waals surface area contributed by atoms with E-state index in [0.717, 1.165) is 5.56 Å². The van der Waals surface area contributed by atoms with Crippen molar-refractivity contribution in [3.05, 3.63) is 55.7 Å². The molecule has 3 heterocycles. The number of hydrogen-bond donors (Lipinski definition) is 0. The Kier molecular flexibility index (Phi) is 5.00. The van der Waals surface area contributed by atoms with Crippen molar-refractivity contribution < 1.29 is 4.74 Å². The highest BCUT2D eigenvalue weighted by Crippen LogP contribution is 2.22. The number of aryl methyl sites for hydroxylation is 2. The Morgan fingerprint density at radius 2 is 1.69 bits per heavy atom. The van der Waals surface area contributed by atoms with Gasteiger partial charge in [0.2, 0.25) is 5.95 Å². The zero-order chi connectivity index (χ0) is 20.9. The van der Waals surface area contributed by atoms with E-state index in [0.29, 0.717) is 35.2 Å². The minimum absolute atomic E-state index is 0.0592. The van der Waals surface area contributed by atoms with Gasteiger partial charge in [0.1, 0.15) is 0 Å². The Morgan fingerprint density at radius 3 is 2.31 bits per heavy atom. The van der Waals surface area contributed by atoms with E-state index in [2.05, 4.69) is 9.88 Å². The van der Waals surface area contributed by atoms with Gasteiger partial charge in [0.05, 0.1) is 18.8 Å². The van der Waals surface area contributed by atoms with Gasteiger partial charge in [-0.3, -0.25) is 13.9 Å². The second-order valence-electron chi connectivity index (χ2n) is 7.66. The number of ether oxygens (including phenoxy) is 1. The molecule has 0 saturated carbocycles. The minimum Gasteiger partial charge on any atom is -0.372 e. The zero-order valence-corrected chi connectivity index (χ0v) is 17.7. The summed E-state index contributed by atoms with van der Waals surface area (Å²) in [7, 11) is 3.46. The molecule has 4 rings (SSSR count). The normalized spacial score (nSPS) is 19.8. The summed E-state index contributed by atoms with van der Waals surface area (Å²) in [5, 5.41) is 0.606. The summed E-state index contributed by atoms with van der Waals surface area (Å²) in [6.07, 6.45) is 0.118. The largest absolute Gasteiger partial charge is 0.372 e. The lowest BCUT2D eigenvalue weighted by Gasteiger charge is -2.35. The van der Waals surface area contributed by atoms with Crippen LogP contribution in [0.1, 0.15) is 19.4 Å². The Labute approximate surface area is 172 Å². The number of halogens is 1. The van der Waals surface area contributed by atoms with Gasteiger partial charge in [0.25, 0.3) is 5.56 Å². The standard InChI is InChI=1S/C20H24ClN5O3/c1-12-9-25(10-13(2)29-12)19-22-17-16(23(19)3)18(27)26(20(28)24(17)4)11-14-5-7-15(21)8-6-14/h5-8,12-13H,9-11H2,1-4H3/t12-,13+. The van der Waals surface area contributed by atoms with Crippen LogP contribution in [0.3, 0.4) is 0 Å². The number of benzene rings is 1. The quantitative estimate of drug-likeness (QED) is 0.649. The van der Waals surface area contributed by atoms with E-state index in [1.807, 2.05) is 33.0 Å². The van der Waals surface area contributed by atoms with Gasteiger partial charge in [-0.25, -0.2) is 4.79 Å². The molecule has 1 aliphatic heterocycles. The third-order valence-electron chi connectivity index (χ3n) is 5.29. The molecule has 8 nitrogen and oxygen atoms in total. The summed E-state index contributed by atoms with van der Waals surface area (Å²) in [4.78, 5) is 32.9. The highest BCUT2D eigenvalue weighted by Gasteiger charge is 2.27. The number of rotatable bonds is 3. The van der Waals surface area contributed by atoms with E-state index in [-0.39, 0.29) is 24.3 Å². The lowest BCUT2D eigenvalue weighted by atomic mass is 10.2. The molecular weight excluding hydrogens is 394 g/mol. The van der Waals surface area contributed by atoms with Crippen molar-refractivity contribution in [1.29, 1.82) is 0 Å². The first-order valence-corrected chi connectivity index (χ1v) is 9.95. The maximum Gasteiger partial charge on any atom is 0.332 e. The van der Waals surface area contributed by atoms with Gasteiger partial charge in [0.15, 0.2) is 11.2 Å². The van der Waals surface area contributed by atoms with E-state index >= 15 is 0 Å². The number of anilines is 1. The van der Waals surface area contributed by atoms with Crippen LogP contribution in [0.5, 0.6) is 0 Å². The first-order chi connectivity index (χ1) is 13.8. The highest BCUT2D eigenvalue weighted by atomic mass is 35.5. The molecule has 154 valence electrons. The Hall–Kier alpha value is -2.58. The highest BCUT2D eigenvalue weighted by molar-refractivity contribution is 6.30. The molecule has 0 spiro atoms. The molecule has 29 heavy (non-hydrogen) atoms. The molecule has 1 aromatic carbocycles. The van der Waals surface area contributed by atoms with Gasteiger partial charge in [-0.05, 0) is 31.5 Å². The van der Waals surface area contributed by atoms with Gasteiger partial charge in [-0.1, -0.05) is 23.7 Å². The molecule has 9 heteroatoms. The molecule has 1 fully saturated rings. The SMILES string of the molecule is C[C@@H]1CN(c2nc3c(c(=O)n(Cc4ccc(Cl)cc4)c(=O)n3C)n2C)C[C@H](C)O1. The van der Waals surface area contributed by atoms with E-state index in [1.54, 1.807) is 23.7 Å². The topological polar surface area (TPSA) is 74.3 Å². The van der Waals surface area contributed by atoms with Crippen molar-refractivity contribution in [2.75, 3.05) is 18.0 Å². The Bertz CT molecular complexity index is 1170. The van der Waals surface area contributed by atoms with Gasteiger partial charge in [-0.15, -0.1) is 0 Å². The van der Waals surface area contributed by atoms with Crippen molar-refractivity contribution in [1.82, 2.24) is 18.7 Å². The van der Waals surface area contributed by atoms with Crippen LogP contribution in [-0.2, 0) is 25.4 Å². The van der Waals surface area contributed by atoms with Crippen LogP contribution in [0.4, 0.5) is 5.95 Å². The summed E-state index contributed by atoms with van der Waals surface area (Å²) < 4.78 is 10.3. The van der Waals surface area contributed by atoms with Crippen LogP contribution in [-0.4, -0.2) is 44.0 Å². The molecule has 0 amide bonds. The van der Waals surface area contributed by atoms with Crippen molar-refractivity contribution in [3.8, 4) is 0 Å². The van der Waals surface area contributed by atoms with Crippen molar-refractivity contribution in [2.24, 2.45) is 14.1 Å². The van der Waals surface area contributed by atoms with E-state index in [4.69, 9.17) is 16.3 Å². The molecule has 3 aromatic rings. The number of nitrogens with zero attached hydrogens (tertiary/aromatic N) is 5. The predicted molar refractivity (Wildman–Crippen MR) is 113 cm³/mol. The maximum atomic E-state index is 13.2. The summed E-state index contributed by atoms with van der Waals surface area (Å²) in [6.45, 7) is 5.55. The third-order valence-corrected chi connectivity index (χ3v) is 5.54. The lowest BCUT2D eigenvalue weighted by molar-refractivity contribution is -0.00583. The van der Waals surface area contributed by atoms with Gasteiger partial charge >= 0.3 is 5.69 Å². The zero-order valence-electron chi connectivity index (χ0n) is 16.9. The molecular formula is C20H24ClN5O3. The molecule has 1 saturated heterocycles. The predicted octanol–water partition coefficient (Wildman–Crippen LogP) is 1.75. The van der Waals surface area contributed by atoms with Gasteiger partial charge in [0, 0.05) is 32.2 Å². The first kappa shape index (κ1) is 19.7. The summed E-state index contributed by atoms with van der Waals surface area (Å²) in [5.41, 5.74) is 0.866. The Balaban J connectivity index is 1.84. The van der Waals surface area contributed by atoms with Gasteiger partial charge in [-0.2, -0.15) is 4.98 Å². The number of hydrogen-bond acceptors (Lipinski definition) is 5. The number of imidazole rings is 1. The summed E-state index contributed by atoms with van der Waals surface area (Å²) >= 11 is 5.94. The molecule has 2 aromatic heterocycles. The molecule has 0 aliphatic carbocycles. The average Bonchev–Trinajstić information content (AvgIpc) is 3.02. The number of morpholine rings is 1. The van der Waals surface area contributed by atoms with Crippen LogP contribution >= 0.6 is 11.6 Å². The van der Waals surface area contributed by atoms with Crippen molar-refractivity contribution in [2.45, 2.75) is 32.6 Å². The molecule has 1 aliphatic rings.